The van der Waals surface area contributed by atoms with Gasteiger partial charge in [0.25, 0.3) is 5.56 Å². The summed E-state index contributed by atoms with van der Waals surface area (Å²) in [5.74, 6) is -0.517. The van der Waals surface area contributed by atoms with E-state index in [4.69, 9.17) is 0 Å². The lowest BCUT2D eigenvalue weighted by Crippen LogP contribution is -2.33. The quantitative estimate of drug-likeness (QED) is 0.777. The van der Waals surface area contributed by atoms with Crippen LogP contribution in [0.5, 0.6) is 5.75 Å². The van der Waals surface area contributed by atoms with Crippen molar-refractivity contribution < 1.29 is 26.3 Å². The largest absolute Gasteiger partial charge is 0.573 e. The third-order valence-electron chi connectivity index (χ3n) is 4.26. The van der Waals surface area contributed by atoms with Crippen molar-refractivity contribution >= 4 is 10.0 Å². The van der Waals surface area contributed by atoms with E-state index in [0.29, 0.717) is 0 Å². The molecular formula is C17H18F3N3O4S. The number of ether oxygens (including phenoxy) is 1. The Morgan fingerprint density at radius 2 is 1.82 bits per heavy atom. The smallest absolute Gasteiger partial charge is 0.406 e. The summed E-state index contributed by atoms with van der Waals surface area (Å²) in [7, 11) is -3.95. The van der Waals surface area contributed by atoms with Gasteiger partial charge in [0.05, 0.1) is 17.1 Å². The van der Waals surface area contributed by atoms with Crippen LogP contribution in [0.25, 0.3) is 0 Å². The van der Waals surface area contributed by atoms with Gasteiger partial charge in [0.1, 0.15) is 5.75 Å². The highest BCUT2D eigenvalue weighted by atomic mass is 32.2. The molecule has 1 heterocycles. The lowest BCUT2D eigenvalue weighted by molar-refractivity contribution is -0.274. The fourth-order valence-electron chi connectivity index (χ4n) is 2.95. The minimum Gasteiger partial charge on any atom is -0.406 e. The lowest BCUT2D eigenvalue weighted by atomic mass is 9.97. The molecule has 1 aliphatic rings. The number of fused-ring (bicyclic) bond motifs is 1. The second-order valence-corrected chi connectivity index (χ2v) is 8.07. The van der Waals surface area contributed by atoms with Gasteiger partial charge >= 0.3 is 6.36 Å². The van der Waals surface area contributed by atoms with Gasteiger partial charge in [-0.15, -0.1) is 13.2 Å². The van der Waals surface area contributed by atoms with Crippen molar-refractivity contribution in [1.82, 2.24) is 14.5 Å². The van der Waals surface area contributed by atoms with Crippen molar-refractivity contribution in [3.63, 3.8) is 0 Å². The van der Waals surface area contributed by atoms with E-state index in [1.54, 1.807) is 0 Å². The normalized spacial score (nSPS) is 14.5. The van der Waals surface area contributed by atoms with E-state index in [1.807, 2.05) is 0 Å². The Hall–Kier alpha value is -2.40. The first kappa shape index (κ1) is 20.3. The number of alkyl halides is 3. The monoisotopic (exact) mass is 417 g/mol. The SMILES string of the molecule is O=c1cc2c(nn1CCNS(=O)(=O)c1ccc(OC(F)(F)F)cc1)CCCC2. The Labute approximate surface area is 159 Å². The van der Waals surface area contributed by atoms with E-state index < -0.39 is 22.1 Å². The summed E-state index contributed by atoms with van der Waals surface area (Å²) in [6, 6.07) is 5.38. The molecule has 11 heteroatoms. The number of nitrogens with zero attached hydrogens (tertiary/aromatic N) is 2. The molecule has 3 rings (SSSR count). The van der Waals surface area contributed by atoms with Crippen LogP contribution < -0.4 is 15.0 Å². The zero-order chi connectivity index (χ0) is 20.4. The van der Waals surface area contributed by atoms with Crippen LogP contribution in [-0.2, 0) is 29.4 Å². The Kier molecular flexibility index (Phi) is 5.75. The van der Waals surface area contributed by atoms with Gasteiger partial charge in [-0.3, -0.25) is 4.79 Å². The maximum absolute atomic E-state index is 12.3. The molecule has 0 unspecified atom stereocenters. The van der Waals surface area contributed by atoms with Crippen molar-refractivity contribution in [2.75, 3.05) is 6.54 Å². The minimum absolute atomic E-state index is 0.0423. The van der Waals surface area contributed by atoms with Crippen LogP contribution >= 0.6 is 0 Å². The van der Waals surface area contributed by atoms with Crippen LogP contribution in [0.4, 0.5) is 13.2 Å². The van der Waals surface area contributed by atoms with Crippen LogP contribution in [-0.4, -0.2) is 31.1 Å². The molecule has 0 atom stereocenters. The van der Waals surface area contributed by atoms with Crippen LogP contribution in [0.2, 0.25) is 0 Å². The molecule has 152 valence electrons. The van der Waals surface area contributed by atoms with E-state index in [1.165, 1.54) is 10.7 Å². The molecule has 7 nitrogen and oxygen atoms in total. The predicted octanol–water partition coefficient (Wildman–Crippen LogP) is 2.00. The zero-order valence-electron chi connectivity index (χ0n) is 14.7. The Morgan fingerprint density at radius 3 is 2.50 bits per heavy atom. The van der Waals surface area contributed by atoms with Gasteiger partial charge in [-0.1, -0.05) is 0 Å². The van der Waals surface area contributed by atoms with Gasteiger partial charge in [-0.2, -0.15) is 5.10 Å². The predicted molar refractivity (Wildman–Crippen MR) is 93.5 cm³/mol. The summed E-state index contributed by atoms with van der Waals surface area (Å²) >= 11 is 0. The summed E-state index contributed by atoms with van der Waals surface area (Å²) in [6.07, 6.45) is -1.23. The van der Waals surface area contributed by atoms with E-state index >= 15 is 0 Å². The number of nitrogens with one attached hydrogen (secondary N) is 1. The van der Waals surface area contributed by atoms with E-state index in [0.717, 1.165) is 61.2 Å². The van der Waals surface area contributed by atoms with Crippen LogP contribution in [0.1, 0.15) is 24.1 Å². The number of sulfonamides is 1. The molecule has 0 saturated heterocycles. The van der Waals surface area contributed by atoms with Crippen molar-refractivity contribution in [1.29, 1.82) is 0 Å². The molecule has 1 aromatic heterocycles. The van der Waals surface area contributed by atoms with Crippen LogP contribution in [0.15, 0.2) is 40.0 Å². The van der Waals surface area contributed by atoms with E-state index in [9.17, 15) is 26.4 Å². The fourth-order valence-corrected chi connectivity index (χ4v) is 3.97. The van der Waals surface area contributed by atoms with Crippen LogP contribution in [0.3, 0.4) is 0 Å². The standard InChI is InChI=1S/C17H18F3N3O4S/c18-17(19,20)27-13-5-7-14(8-6-13)28(25,26)21-9-10-23-16(24)11-12-3-1-2-4-15(12)22-23/h5-8,11,21H,1-4,9-10H2. The number of rotatable bonds is 6. The third kappa shape index (κ3) is 5.10. The molecule has 0 aliphatic heterocycles. The molecule has 0 saturated carbocycles. The molecule has 0 spiro atoms. The summed E-state index contributed by atoms with van der Waals surface area (Å²) in [4.78, 5) is 11.9. The van der Waals surface area contributed by atoms with Crippen molar-refractivity contribution in [2.24, 2.45) is 0 Å². The second kappa shape index (κ2) is 7.92. The van der Waals surface area contributed by atoms with Crippen molar-refractivity contribution in [2.45, 2.75) is 43.5 Å². The molecule has 0 radical (unpaired) electrons. The topological polar surface area (TPSA) is 90.3 Å². The number of hydrogen-bond acceptors (Lipinski definition) is 5. The number of aryl methyl sites for hydroxylation is 2. The summed E-state index contributed by atoms with van der Waals surface area (Å²) in [6.45, 7) is -0.0462. The number of aromatic nitrogens is 2. The van der Waals surface area contributed by atoms with Gasteiger partial charge in [0, 0.05) is 12.6 Å². The van der Waals surface area contributed by atoms with E-state index in [2.05, 4.69) is 14.6 Å². The Balaban J connectivity index is 1.63. The average Bonchev–Trinajstić information content (AvgIpc) is 2.61. The van der Waals surface area contributed by atoms with E-state index in [-0.39, 0.29) is 23.5 Å². The highest BCUT2D eigenvalue weighted by Crippen LogP contribution is 2.23. The first-order valence-corrected chi connectivity index (χ1v) is 10.1. The second-order valence-electron chi connectivity index (χ2n) is 6.30. The first-order valence-electron chi connectivity index (χ1n) is 8.59. The van der Waals surface area contributed by atoms with Gasteiger partial charge < -0.3 is 4.74 Å². The molecule has 0 amide bonds. The average molecular weight is 417 g/mol. The van der Waals surface area contributed by atoms with Gasteiger partial charge in [0.2, 0.25) is 10.0 Å². The molecular weight excluding hydrogens is 399 g/mol. The maximum atomic E-state index is 12.3. The van der Waals surface area contributed by atoms with Gasteiger partial charge in [-0.05, 0) is 55.5 Å². The molecule has 1 N–H and O–H groups in total. The zero-order valence-corrected chi connectivity index (χ0v) is 15.5. The molecule has 1 aromatic carbocycles. The molecule has 28 heavy (non-hydrogen) atoms. The molecule has 0 bridgehead atoms. The number of benzene rings is 1. The van der Waals surface area contributed by atoms with Gasteiger partial charge in [0.15, 0.2) is 0 Å². The summed E-state index contributed by atoms with van der Waals surface area (Å²) in [5.41, 5.74) is 1.50. The molecule has 1 aliphatic carbocycles. The van der Waals surface area contributed by atoms with Gasteiger partial charge in [-0.25, -0.2) is 17.8 Å². The number of halogens is 3. The summed E-state index contributed by atoms with van der Waals surface area (Å²) in [5, 5.41) is 4.30. The van der Waals surface area contributed by atoms with Crippen molar-refractivity contribution in [3.8, 4) is 5.75 Å². The summed E-state index contributed by atoms with van der Waals surface area (Å²) < 4.78 is 68.2. The highest BCUT2D eigenvalue weighted by Gasteiger charge is 2.31. The number of hydrogen-bond donors (Lipinski definition) is 1. The molecule has 0 fully saturated rings. The highest BCUT2D eigenvalue weighted by molar-refractivity contribution is 7.89. The fraction of sp³-hybridized carbons (Fsp3) is 0.412. The van der Waals surface area contributed by atoms with Crippen LogP contribution in [0, 0.1) is 0 Å². The lowest BCUT2D eigenvalue weighted by Gasteiger charge is -2.16. The minimum atomic E-state index is -4.85. The molecule has 2 aromatic rings. The van der Waals surface area contributed by atoms with Crippen molar-refractivity contribution in [3.05, 3.63) is 51.9 Å². The Bertz CT molecular complexity index is 1000. The first-order chi connectivity index (χ1) is 13.1. The third-order valence-corrected chi connectivity index (χ3v) is 5.73. The maximum Gasteiger partial charge on any atom is 0.573 e. The Morgan fingerprint density at radius 1 is 1.14 bits per heavy atom.